The molecule has 6 nitrogen and oxygen atoms in total. The van der Waals surface area contributed by atoms with E-state index in [2.05, 4.69) is 21.9 Å². The molecule has 3 heterocycles. The van der Waals surface area contributed by atoms with Gasteiger partial charge in [-0.15, -0.1) is 11.3 Å². The van der Waals surface area contributed by atoms with Gasteiger partial charge in [0.05, 0.1) is 11.4 Å². The quantitative estimate of drug-likeness (QED) is 0.374. The van der Waals surface area contributed by atoms with Crippen molar-refractivity contribution in [1.29, 1.82) is 0 Å². The normalized spacial score (nSPS) is 11.0. The van der Waals surface area contributed by atoms with Gasteiger partial charge in [-0.25, -0.2) is 9.78 Å². The fraction of sp³-hybridized carbons (Fsp3) is 0.182. The maximum absolute atomic E-state index is 12.6. The average Bonchev–Trinajstić information content (AvgIpc) is 3.36. The van der Waals surface area contributed by atoms with E-state index in [1.165, 1.54) is 11.3 Å². The number of pyridine rings is 1. The average molecular weight is 405 g/mol. The number of nitrogens with one attached hydrogen (secondary N) is 1. The second-order valence-corrected chi connectivity index (χ2v) is 7.54. The number of H-pyrrole nitrogens is 1. The number of ether oxygens (including phenoxy) is 1. The molecule has 0 fully saturated rings. The zero-order valence-electron chi connectivity index (χ0n) is 16.1. The predicted octanol–water partition coefficient (Wildman–Crippen LogP) is 4.60. The molecule has 3 aromatic heterocycles. The molecule has 7 heteroatoms. The van der Waals surface area contributed by atoms with Gasteiger partial charge in [0.2, 0.25) is 5.78 Å². The van der Waals surface area contributed by atoms with E-state index in [0.717, 1.165) is 22.9 Å². The van der Waals surface area contributed by atoms with Crippen LogP contribution in [0.15, 0.2) is 48.8 Å². The molecule has 4 rings (SSSR count). The second-order valence-electron chi connectivity index (χ2n) is 6.54. The Bertz CT molecular complexity index is 1190. The highest BCUT2D eigenvalue weighted by atomic mass is 32.1. The van der Waals surface area contributed by atoms with E-state index < -0.39 is 5.97 Å². The zero-order chi connectivity index (χ0) is 20.4. The fourth-order valence-electron chi connectivity index (χ4n) is 3.20. The number of nitrogens with zero attached hydrogens (tertiary/aromatic N) is 2. The van der Waals surface area contributed by atoms with Gasteiger partial charge in [0.25, 0.3) is 0 Å². The number of esters is 1. The number of thiazole rings is 1. The summed E-state index contributed by atoms with van der Waals surface area (Å²) in [5, 5.41) is 1.49. The number of aryl methyl sites for hydroxylation is 2. The highest BCUT2D eigenvalue weighted by Gasteiger charge is 2.20. The number of carbonyl (C=O) groups excluding carboxylic acids is 2. The number of para-hydroxylation sites is 1. The van der Waals surface area contributed by atoms with Crippen molar-refractivity contribution in [2.75, 3.05) is 6.61 Å². The molecule has 0 aliphatic carbocycles. The number of ketones is 1. The van der Waals surface area contributed by atoms with Crippen LogP contribution in [0.1, 0.15) is 38.2 Å². The molecule has 0 atom stereocenters. The smallest absolute Gasteiger partial charge is 0.350 e. The Morgan fingerprint density at radius 3 is 2.79 bits per heavy atom. The van der Waals surface area contributed by atoms with E-state index >= 15 is 0 Å². The first-order valence-corrected chi connectivity index (χ1v) is 10.1. The molecule has 0 saturated heterocycles. The first kappa shape index (κ1) is 19.0. The lowest BCUT2D eigenvalue weighted by Crippen LogP contribution is -2.14. The van der Waals surface area contributed by atoms with E-state index in [9.17, 15) is 9.59 Å². The Morgan fingerprint density at radius 2 is 2.03 bits per heavy atom. The van der Waals surface area contributed by atoms with Crippen LogP contribution in [0.4, 0.5) is 0 Å². The van der Waals surface area contributed by atoms with Crippen LogP contribution in [-0.4, -0.2) is 33.3 Å². The van der Waals surface area contributed by atoms with Crippen LogP contribution in [0, 0.1) is 6.92 Å². The summed E-state index contributed by atoms with van der Waals surface area (Å²) in [6, 6.07) is 11.4. The summed E-state index contributed by atoms with van der Waals surface area (Å²) < 4.78 is 5.30. The lowest BCUT2D eigenvalue weighted by Gasteiger charge is -2.03. The van der Waals surface area contributed by atoms with E-state index in [1.807, 2.05) is 36.4 Å². The molecule has 29 heavy (non-hydrogen) atoms. The van der Waals surface area contributed by atoms with Crippen LogP contribution in [0.3, 0.4) is 0 Å². The largest absolute Gasteiger partial charge is 0.453 e. The topological polar surface area (TPSA) is 84.9 Å². The number of fused-ring (bicyclic) bond motifs is 1. The van der Waals surface area contributed by atoms with Crippen LogP contribution in [0.5, 0.6) is 0 Å². The predicted molar refractivity (Wildman–Crippen MR) is 112 cm³/mol. The number of rotatable bonds is 6. The molecule has 0 unspecified atom stereocenters. The SMILES string of the molecule is CCc1cccc2c(C(=O)COC(=O)c3sc(-c4ccccn4)nc3C)c[nH]c12. The third-order valence-corrected chi connectivity index (χ3v) is 5.84. The summed E-state index contributed by atoms with van der Waals surface area (Å²) in [6.45, 7) is 3.49. The molecule has 1 aromatic carbocycles. The van der Waals surface area contributed by atoms with Gasteiger partial charge in [-0.1, -0.05) is 31.2 Å². The Kier molecular flexibility index (Phi) is 5.22. The van der Waals surface area contributed by atoms with Crippen molar-refractivity contribution in [3.8, 4) is 10.7 Å². The molecule has 0 aliphatic rings. The molecule has 1 N–H and O–H groups in total. The lowest BCUT2D eigenvalue weighted by atomic mass is 10.1. The van der Waals surface area contributed by atoms with Crippen molar-refractivity contribution in [2.45, 2.75) is 20.3 Å². The highest BCUT2D eigenvalue weighted by molar-refractivity contribution is 7.17. The van der Waals surface area contributed by atoms with Crippen molar-refractivity contribution in [3.05, 3.63) is 70.5 Å². The summed E-state index contributed by atoms with van der Waals surface area (Å²) in [7, 11) is 0. The van der Waals surface area contributed by atoms with Gasteiger partial charge in [0.1, 0.15) is 9.88 Å². The van der Waals surface area contributed by atoms with Gasteiger partial charge in [0.15, 0.2) is 6.61 Å². The van der Waals surface area contributed by atoms with Crippen LogP contribution in [0.2, 0.25) is 0 Å². The molecular formula is C22H19N3O3S. The van der Waals surface area contributed by atoms with E-state index in [1.54, 1.807) is 19.3 Å². The van der Waals surface area contributed by atoms with Crippen LogP contribution in [-0.2, 0) is 11.2 Å². The van der Waals surface area contributed by atoms with Crippen molar-refractivity contribution < 1.29 is 14.3 Å². The van der Waals surface area contributed by atoms with Gasteiger partial charge >= 0.3 is 5.97 Å². The number of hydrogen-bond acceptors (Lipinski definition) is 6. The maximum atomic E-state index is 12.6. The minimum atomic E-state index is -0.551. The minimum absolute atomic E-state index is 0.245. The van der Waals surface area contributed by atoms with Crippen LogP contribution in [0.25, 0.3) is 21.6 Å². The van der Waals surface area contributed by atoms with Gasteiger partial charge in [-0.2, -0.15) is 0 Å². The standard InChI is InChI=1S/C22H19N3O3S/c1-3-14-7-6-8-15-16(11-24-19(14)15)18(26)12-28-22(27)20-13(2)25-21(29-20)17-9-4-5-10-23-17/h4-11,24H,3,12H2,1-2H3. The molecule has 146 valence electrons. The van der Waals surface area contributed by atoms with Crippen molar-refractivity contribution >= 4 is 34.0 Å². The van der Waals surface area contributed by atoms with E-state index in [4.69, 9.17) is 4.74 Å². The summed E-state index contributed by atoms with van der Waals surface area (Å²) >= 11 is 1.21. The summed E-state index contributed by atoms with van der Waals surface area (Å²) in [6.07, 6.45) is 4.22. The Labute approximate surface area is 171 Å². The first-order chi connectivity index (χ1) is 14.1. The van der Waals surface area contributed by atoms with Crippen LogP contribution >= 0.6 is 11.3 Å². The monoisotopic (exact) mass is 405 g/mol. The molecule has 0 bridgehead atoms. The van der Waals surface area contributed by atoms with Crippen molar-refractivity contribution in [2.24, 2.45) is 0 Å². The minimum Gasteiger partial charge on any atom is -0.453 e. The molecule has 0 amide bonds. The van der Waals surface area contributed by atoms with E-state index in [0.29, 0.717) is 26.8 Å². The highest BCUT2D eigenvalue weighted by Crippen LogP contribution is 2.27. The molecule has 4 aromatic rings. The van der Waals surface area contributed by atoms with Gasteiger partial charge in [-0.3, -0.25) is 9.78 Å². The molecular weight excluding hydrogens is 386 g/mol. The summed E-state index contributed by atoms with van der Waals surface area (Å²) in [5.41, 5.74) is 3.87. The molecule has 0 radical (unpaired) electrons. The summed E-state index contributed by atoms with van der Waals surface area (Å²) in [4.78, 5) is 37.4. The fourth-order valence-corrected chi connectivity index (χ4v) is 4.14. The number of carbonyl (C=O) groups is 2. The number of aromatic nitrogens is 3. The molecule has 0 aliphatic heterocycles. The molecule has 0 saturated carbocycles. The number of benzene rings is 1. The molecule has 0 spiro atoms. The number of aromatic amines is 1. The lowest BCUT2D eigenvalue weighted by molar-refractivity contribution is 0.0479. The second kappa shape index (κ2) is 7.97. The third-order valence-electron chi connectivity index (χ3n) is 4.68. The van der Waals surface area contributed by atoms with Gasteiger partial charge in [0, 0.05) is 28.9 Å². The number of Topliss-reactive ketones (excluding diaryl/α,β-unsaturated/α-hetero) is 1. The van der Waals surface area contributed by atoms with Gasteiger partial charge < -0.3 is 9.72 Å². The number of hydrogen-bond donors (Lipinski definition) is 1. The van der Waals surface area contributed by atoms with Crippen molar-refractivity contribution in [1.82, 2.24) is 15.0 Å². The van der Waals surface area contributed by atoms with Crippen LogP contribution < -0.4 is 0 Å². The summed E-state index contributed by atoms with van der Waals surface area (Å²) in [5.74, 6) is -0.797. The Hall–Kier alpha value is -3.32. The zero-order valence-corrected chi connectivity index (χ0v) is 16.9. The van der Waals surface area contributed by atoms with Crippen molar-refractivity contribution in [3.63, 3.8) is 0 Å². The van der Waals surface area contributed by atoms with Gasteiger partial charge in [-0.05, 0) is 31.0 Å². The maximum Gasteiger partial charge on any atom is 0.350 e. The van der Waals surface area contributed by atoms with E-state index in [-0.39, 0.29) is 12.4 Å². The Morgan fingerprint density at radius 1 is 1.17 bits per heavy atom. The Balaban J connectivity index is 1.49. The first-order valence-electron chi connectivity index (χ1n) is 9.26. The third kappa shape index (κ3) is 3.69.